The van der Waals surface area contributed by atoms with E-state index in [4.69, 9.17) is 10.5 Å². The van der Waals surface area contributed by atoms with E-state index in [1.807, 2.05) is 0 Å². The summed E-state index contributed by atoms with van der Waals surface area (Å²) in [6, 6.07) is 4.29. The molecule has 1 aromatic carbocycles. The average molecular weight is 330 g/mol. The predicted molar refractivity (Wildman–Crippen MR) is 84.6 cm³/mol. The molecular weight excluding hydrogens is 310 g/mol. The van der Waals surface area contributed by atoms with E-state index >= 15 is 0 Å². The van der Waals surface area contributed by atoms with Gasteiger partial charge in [-0.1, -0.05) is 0 Å². The van der Waals surface area contributed by atoms with E-state index < -0.39 is 4.92 Å². The summed E-state index contributed by atoms with van der Waals surface area (Å²) in [6.07, 6.45) is 1.75. The fourth-order valence-electron chi connectivity index (χ4n) is 2.52. The Balaban J connectivity index is 0.00000242. The van der Waals surface area contributed by atoms with Gasteiger partial charge in [-0.05, 0) is 37.4 Å². The van der Waals surface area contributed by atoms with Gasteiger partial charge in [-0.15, -0.1) is 12.4 Å². The molecule has 0 aliphatic carbocycles. The first-order valence-electron chi connectivity index (χ1n) is 6.88. The van der Waals surface area contributed by atoms with Crippen LogP contribution in [0, 0.1) is 16.0 Å². The molecule has 0 saturated carbocycles. The molecule has 1 aliphatic rings. The second-order valence-electron chi connectivity index (χ2n) is 5.12. The Morgan fingerprint density at radius 2 is 2.09 bits per heavy atom. The van der Waals surface area contributed by atoms with Gasteiger partial charge in [-0.3, -0.25) is 14.9 Å². The number of nitrogens with two attached hydrogens (primary N) is 1. The number of rotatable bonds is 4. The smallest absolute Gasteiger partial charge is 0.311 e. The first-order valence-corrected chi connectivity index (χ1v) is 6.88. The summed E-state index contributed by atoms with van der Waals surface area (Å²) in [5.41, 5.74) is 5.75. The van der Waals surface area contributed by atoms with Crippen molar-refractivity contribution >= 4 is 24.0 Å². The van der Waals surface area contributed by atoms with Gasteiger partial charge in [0.1, 0.15) is 0 Å². The van der Waals surface area contributed by atoms with Crippen LogP contribution in [0.25, 0.3) is 0 Å². The molecule has 1 aliphatic heterocycles. The molecule has 7 nitrogen and oxygen atoms in total. The van der Waals surface area contributed by atoms with E-state index in [-0.39, 0.29) is 29.8 Å². The van der Waals surface area contributed by atoms with Crippen molar-refractivity contribution < 1.29 is 14.5 Å². The SMILES string of the molecule is COc1ccc(C(=O)N2CCC(CN)CC2)cc1[N+](=O)[O-].Cl. The van der Waals surface area contributed by atoms with Gasteiger partial charge in [0.2, 0.25) is 0 Å². The molecule has 0 spiro atoms. The number of carbonyl (C=O) groups is 1. The zero-order valence-electron chi connectivity index (χ0n) is 12.4. The molecule has 0 aromatic heterocycles. The highest BCUT2D eigenvalue weighted by Gasteiger charge is 2.25. The van der Waals surface area contributed by atoms with Gasteiger partial charge >= 0.3 is 5.69 Å². The monoisotopic (exact) mass is 329 g/mol. The molecule has 0 unspecified atom stereocenters. The Labute approximate surface area is 135 Å². The molecule has 0 radical (unpaired) electrons. The van der Waals surface area contributed by atoms with Crippen molar-refractivity contribution in [2.45, 2.75) is 12.8 Å². The highest BCUT2D eigenvalue weighted by atomic mass is 35.5. The second-order valence-corrected chi connectivity index (χ2v) is 5.12. The number of piperidine rings is 1. The lowest BCUT2D eigenvalue weighted by molar-refractivity contribution is -0.385. The third kappa shape index (κ3) is 3.86. The van der Waals surface area contributed by atoms with Crippen LogP contribution in [0.1, 0.15) is 23.2 Å². The van der Waals surface area contributed by atoms with E-state index in [0.29, 0.717) is 31.1 Å². The van der Waals surface area contributed by atoms with Gasteiger partial charge in [0.25, 0.3) is 5.91 Å². The van der Waals surface area contributed by atoms with Crippen molar-refractivity contribution in [3.8, 4) is 5.75 Å². The average Bonchev–Trinajstić information content (AvgIpc) is 2.53. The molecule has 22 heavy (non-hydrogen) atoms. The highest BCUT2D eigenvalue weighted by Crippen LogP contribution is 2.28. The Bertz CT molecular complexity index is 545. The predicted octanol–water partition coefficient (Wildman–Crippen LogP) is 1.84. The lowest BCUT2D eigenvalue weighted by atomic mass is 9.96. The molecule has 1 amide bonds. The summed E-state index contributed by atoms with van der Waals surface area (Å²) < 4.78 is 4.94. The van der Waals surface area contributed by atoms with Crippen LogP contribution in [0.3, 0.4) is 0 Å². The fraction of sp³-hybridized carbons (Fsp3) is 0.500. The van der Waals surface area contributed by atoms with E-state index in [2.05, 4.69) is 0 Å². The molecule has 2 N–H and O–H groups in total. The zero-order chi connectivity index (χ0) is 15.4. The molecule has 122 valence electrons. The van der Waals surface area contributed by atoms with Gasteiger partial charge in [0.15, 0.2) is 5.75 Å². The van der Waals surface area contributed by atoms with Crippen LogP contribution in [0.5, 0.6) is 5.75 Å². The lowest BCUT2D eigenvalue weighted by Crippen LogP contribution is -2.40. The number of halogens is 1. The molecule has 1 saturated heterocycles. The lowest BCUT2D eigenvalue weighted by Gasteiger charge is -2.31. The molecule has 1 fully saturated rings. The summed E-state index contributed by atoms with van der Waals surface area (Å²) in [4.78, 5) is 24.6. The molecule has 8 heteroatoms. The third-order valence-electron chi connectivity index (χ3n) is 3.86. The van der Waals surface area contributed by atoms with Crippen LogP contribution in [0.15, 0.2) is 18.2 Å². The van der Waals surface area contributed by atoms with Crippen molar-refractivity contribution in [1.82, 2.24) is 4.90 Å². The number of ether oxygens (including phenoxy) is 1. The van der Waals surface area contributed by atoms with Crippen LogP contribution < -0.4 is 10.5 Å². The van der Waals surface area contributed by atoms with Gasteiger partial charge in [0, 0.05) is 24.7 Å². The molecular formula is C14H20ClN3O4. The number of nitrogens with zero attached hydrogens (tertiary/aromatic N) is 2. The summed E-state index contributed by atoms with van der Waals surface area (Å²) >= 11 is 0. The maximum absolute atomic E-state index is 12.4. The van der Waals surface area contributed by atoms with Crippen molar-refractivity contribution in [3.63, 3.8) is 0 Å². The molecule has 1 heterocycles. The largest absolute Gasteiger partial charge is 0.490 e. The number of methoxy groups -OCH3 is 1. The normalized spacial score (nSPS) is 15.1. The second kappa shape index (κ2) is 7.95. The molecule has 0 bridgehead atoms. The van der Waals surface area contributed by atoms with Gasteiger partial charge in [0.05, 0.1) is 12.0 Å². The number of hydrogen-bond acceptors (Lipinski definition) is 5. The standard InChI is InChI=1S/C14H19N3O4.ClH/c1-21-13-3-2-11(8-12(13)17(19)20)14(18)16-6-4-10(9-15)5-7-16;/h2-3,8,10H,4-7,9,15H2,1H3;1H. The van der Waals surface area contributed by atoms with Gasteiger partial charge in [-0.25, -0.2) is 0 Å². The Kier molecular flexibility index (Phi) is 6.58. The minimum Gasteiger partial charge on any atom is -0.490 e. The van der Waals surface area contributed by atoms with E-state index in [1.54, 1.807) is 11.0 Å². The van der Waals surface area contributed by atoms with Crippen LogP contribution in [0.4, 0.5) is 5.69 Å². The highest BCUT2D eigenvalue weighted by molar-refractivity contribution is 5.95. The van der Waals surface area contributed by atoms with Gasteiger partial charge < -0.3 is 15.4 Å². The first-order chi connectivity index (χ1) is 10.1. The number of hydrogen-bond donors (Lipinski definition) is 1. The first kappa shape index (κ1) is 18.2. The summed E-state index contributed by atoms with van der Waals surface area (Å²) in [7, 11) is 1.36. The number of amides is 1. The van der Waals surface area contributed by atoms with Crippen molar-refractivity contribution in [1.29, 1.82) is 0 Å². The minimum absolute atomic E-state index is 0. The number of nitro groups is 1. The summed E-state index contributed by atoms with van der Waals surface area (Å²) in [5.74, 6) is 0.425. The van der Waals surface area contributed by atoms with E-state index in [1.165, 1.54) is 19.2 Å². The molecule has 2 rings (SSSR count). The van der Waals surface area contributed by atoms with Crippen LogP contribution in [-0.2, 0) is 0 Å². The number of benzene rings is 1. The summed E-state index contributed by atoms with van der Waals surface area (Å²) in [5, 5.41) is 11.0. The number of carbonyl (C=O) groups excluding carboxylic acids is 1. The third-order valence-corrected chi connectivity index (χ3v) is 3.86. The molecule has 0 atom stereocenters. The summed E-state index contributed by atoms with van der Waals surface area (Å²) in [6.45, 7) is 1.91. The maximum atomic E-state index is 12.4. The maximum Gasteiger partial charge on any atom is 0.311 e. The number of nitro benzene ring substituents is 1. The number of likely N-dealkylation sites (tertiary alicyclic amines) is 1. The Morgan fingerprint density at radius 1 is 1.45 bits per heavy atom. The van der Waals surface area contributed by atoms with E-state index in [0.717, 1.165) is 12.8 Å². The topological polar surface area (TPSA) is 98.7 Å². The van der Waals surface area contributed by atoms with Crippen LogP contribution in [-0.4, -0.2) is 42.5 Å². The fourth-order valence-corrected chi connectivity index (χ4v) is 2.52. The van der Waals surface area contributed by atoms with Crippen LogP contribution in [0.2, 0.25) is 0 Å². The Hall–Kier alpha value is -1.86. The van der Waals surface area contributed by atoms with Gasteiger partial charge in [-0.2, -0.15) is 0 Å². The Morgan fingerprint density at radius 3 is 2.59 bits per heavy atom. The van der Waals surface area contributed by atoms with E-state index in [9.17, 15) is 14.9 Å². The van der Waals surface area contributed by atoms with Crippen molar-refractivity contribution in [2.75, 3.05) is 26.7 Å². The van der Waals surface area contributed by atoms with Crippen molar-refractivity contribution in [3.05, 3.63) is 33.9 Å². The van der Waals surface area contributed by atoms with Crippen LogP contribution >= 0.6 is 12.4 Å². The molecule has 1 aromatic rings. The minimum atomic E-state index is -0.545. The zero-order valence-corrected chi connectivity index (χ0v) is 13.2. The quantitative estimate of drug-likeness (QED) is 0.671. The van der Waals surface area contributed by atoms with Crippen molar-refractivity contribution in [2.24, 2.45) is 11.7 Å².